The monoisotopic (exact) mass is 301 g/mol. The molecule has 1 aromatic carbocycles. The van der Waals surface area contributed by atoms with Crippen molar-refractivity contribution in [1.82, 2.24) is 5.32 Å². The second-order valence-corrected chi connectivity index (χ2v) is 5.69. The number of hydrogen-bond acceptors (Lipinski definition) is 3. The van der Waals surface area contributed by atoms with E-state index in [1.54, 1.807) is 0 Å². The molecule has 6 heteroatoms. The van der Waals surface area contributed by atoms with Crippen LogP contribution in [0.4, 0.5) is 8.78 Å². The molecule has 1 aromatic rings. The van der Waals surface area contributed by atoms with Crippen molar-refractivity contribution in [1.29, 1.82) is 0 Å². The molecule has 0 aromatic heterocycles. The van der Waals surface area contributed by atoms with Crippen molar-refractivity contribution in [2.75, 3.05) is 13.2 Å². The van der Waals surface area contributed by atoms with Gasteiger partial charge in [0.2, 0.25) is 0 Å². The van der Waals surface area contributed by atoms with Gasteiger partial charge in [-0.05, 0) is 30.9 Å². The number of rotatable bonds is 7. The average molecular weight is 301 g/mol. The van der Waals surface area contributed by atoms with E-state index in [9.17, 15) is 13.6 Å². The molecule has 118 valence electrons. The third-order valence-electron chi connectivity index (χ3n) is 3.10. The van der Waals surface area contributed by atoms with Crippen LogP contribution in [0.25, 0.3) is 0 Å². The molecule has 21 heavy (non-hydrogen) atoms. The summed E-state index contributed by atoms with van der Waals surface area (Å²) in [5, 5.41) is 11.6. The molecule has 0 fully saturated rings. The van der Waals surface area contributed by atoms with Crippen molar-refractivity contribution in [2.24, 2.45) is 5.41 Å². The van der Waals surface area contributed by atoms with Crippen molar-refractivity contribution in [3.05, 3.63) is 29.8 Å². The number of carbonyl (C=O) groups is 1. The van der Waals surface area contributed by atoms with E-state index >= 15 is 0 Å². The predicted molar refractivity (Wildman–Crippen MR) is 74.9 cm³/mol. The Morgan fingerprint density at radius 2 is 2.05 bits per heavy atom. The molecule has 4 nitrogen and oxygen atoms in total. The molecule has 0 aliphatic carbocycles. The lowest BCUT2D eigenvalue weighted by molar-refractivity contribution is -0.127. The van der Waals surface area contributed by atoms with Crippen LogP contribution in [0.15, 0.2) is 18.2 Å². The van der Waals surface area contributed by atoms with Crippen molar-refractivity contribution in [3.63, 3.8) is 0 Å². The van der Waals surface area contributed by atoms with E-state index in [0.29, 0.717) is 13.0 Å². The topological polar surface area (TPSA) is 58.6 Å². The summed E-state index contributed by atoms with van der Waals surface area (Å²) in [7, 11) is 0. The molecular formula is C15H21F2NO3. The van der Waals surface area contributed by atoms with Crippen LogP contribution in [-0.4, -0.2) is 30.3 Å². The Labute approximate surface area is 123 Å². The van der Waals surface area contributed by atoms with E-state index < -0.39 is 17.7 Å². The first-order valence-electron chi connectivity index (χ1n) is 6.75. The quantitative estimate of drug-likeness (QED) is 0.812. The SMILES string of the molecule is CC(Oc1ccc(F)c(F)c1)C(=O)NCC(C)(C)CCO. The molecule has 0 saturated heterocycles. The lowest BCUT2D eigenvalue weighted by Gasteiger charge is -2.25. The molecular weight excluding hydrogens is 280 g/mol. The molecule has 2 N–H and O–H groups in total. The fraction of sp³-hybridized carbons (Fsp3) is 0.533. The molecule has 1 atom stereocenters. The first-order valence-corrected chi connectivity index (χ1v) is 6.75. The zero-order valence-electron chi connectivity index (χ0n) is 12.5. The zero-order valence-corrected chi connectivity index (χ0v) is 12.5. The second kappa shape index (κ2) is 7.36. The standard InChI is InChI=1S/C15H21F2NO3/c1-10(14(20)18-9-15(2,3)6-7-19)21-11-4-5-12(16)13(17)8-11/h4-5,8,10,19H,6-7,9H2,1-3H3,(H,18,20). The minimum absolute atomic E-state index is 0.0454. The van der Waals surface area contributed by atoms with Gasteiger partial charge in [0.25, 0.3) is 5.91 Å². The molecule has 0 heterocycles. The van der Waals surface area contributed by atoms with Crippen LogP contribution < -0.4 is 10.1 Å². The Hall–Kier alpha value is -1.69. The average Bonchev–Trinajstić information content (AvgIpc) is 2.40. The van der Waals surface area contributed by atoms with Gasteiger partial charge in [0.1, 0.15) is 5.75 Å². The van der Waals surface area contributed by atoms with E-state index in [-0.39, 0.29) is 23.7 Å². The summed E-state index contributed by atoms with van der Waals surface area (Å²) in [5.41, 5.74) is -0.230. The van der Waals surface area contributed by atoms with Crippen molar-refractivity contribution < 1.29 is 23.4 Å². The summed E-state index contributed by atoms with van der Waals surface area (Å²) < 4.78 is 31.1. The summed E-state index contributed by atoms with van der Waals surface area (Å²) in [6, 6.07) is 3.10. The van der Waals surface area contributed by atoms with Gasteiger partial charge in [-0.15, -0.1) is 0 Å². The number of aliphatic hydroxyl groups excluding tert-OH is 1. The van der Waals surface area contributed by atoms with Gasteiger partial charge in [-0.1, -0.05) is 13.8 Å². The van der Waals surface area contributed by atoms with E-state index in [4.69, 9.17) is 9.84 Å². The van der Waals surface area contributed by atoms with E-state index in [2.05, 4.69) is 5.32 Å². The summed E-state index contributed by atoms with van der Waals surface area (Å²) in [6.07, 6.45) is -0.272. The molecule has 1 rings (SSSR count). The number of benzene rings is 1. The fourth-order valence-corrected chi connectivity index (χ4v) is 1.67. The van der Waals surface area contributed by atoms with E-state index in [1.807, 2.05) is 13.8 Å². The lowest BCUT2D eigenvalue weighted by Crippen LogP contribution is -2.41. The fourth-order valence-electron chi connectivity index (χ4n) is 1.67. The Morgan fingerprint density at radius 3 is 2.62 bits per heavy atom. The third kappa shape index (κ3) is 5.67. The number of aliphatic hydroxyl groups is 1. The number of halogens is 2. The highest BCUT2D eigenvalue weighted by molar-refractivity contribution is 5.80. The normalized spacial score (nSPS) is 12.9. The van der Waals surface area contributed by atoms with Gasteiger partial charge in [0.15, 0.2) is 17.7 Å². The van der Waals surface area contributed by atoms with Crippen LogP contribution >= 0.6 is 0 Å². The lowest BCUT2D eigenvalue weighted by atomic mass is 9.90. The number of hydrogen-bond donors (Lipinski definition) is 2. The molecule has 0 aliphatic rings. The summed E-state index contributed by atoms with van der Waals surface area (Å²) in [4.78, 5) is 11.9. The molecule has 0 spiro atoms. The Morgan fingerprint density at radius 1 is 1.38 bits per heavy atom. The molecule has 0 bridgehead atoms. The number of nitrogens with one attached hydrogen (secondary N) is 1. The van der Waals surface area contributed by atoms with E-state index in [0.717, 1.165) is 12.1 Å². The van der Waals surface area contributed by atoms with E-state index in [1.165, 1.54) is 13.0 Å². The highest BCUT2D eigenvalue weighted by Crippen LogP contribution is 2.19. The zero-order chi connectivity index (χ0) is 16.0. The van der Waals surface area contributed by atoms with Gasteiger partial charge in [-0.3, -0.25) is 4.79 Å². The first-order chi connectivity index (χ1) is 9.75. The van der Waals surface area contributed by atoms with Gasteiger partial charge >= 0.3 is 0 Å². The smallest absolute Gasteiger partial charge is 0.260 e. The Kier molecular flexibility index (Phi) is 6.08. The number of amides is 1. The third-order valence-corrected chi connectivity index (χ3v) is 3.10. The highest BCUT2D eigenvalue weighted by Gasteiger charge is 2.21. The summed E-state index contributed by atoms with van der Waals surface area (Å²) in [5.74, 6) is -2.26. The maximum Gasteiger partial charge on any atom is 0.260 e. The van der Waals surface area contributed by atoms with Gasteiger partial charge in [0, 0.05) is 19.2 Å². The van der Waals surface area contributed by atoms with Gasteiger partial charge in [-0.2, -0.15) is 0 Å². The molecule has 0 aliphatic heterocycles. The Bertz CT molecular complexity index is 492. The van der Waals surface area contributed by atoms with Crippen LogP contribution in [0.2, 0.25) is 0 Å². The minimum atomic E-state index is -1.02. The van der Waals surface area contributed by atoms with Crippen LogP contribution in [0.1, 0.15) is 27.2 Å². The van der Waals surface area contributed by atoms with Crippen LogP contribution in [0.3, 0.4) is 0 Å². The maximum atomic E-state index is 13.0. The van der Waals surface area contributed by atoms with Crippen LogP contribution in [-0.2, 0) is 4.79 Å². The van der Waals surface area contributed by atoms with Gasteiger partial charge in [0.05, 0.1) is 0 Å². The molecule has 1 unspecified atom stereocenters. The number of ether oxygens (including phenoxy) is 1. The summed E-state index contributed by atoms with van der Waals surface area (Å²) in [6.45, 7) is 5.80. The van der Waals surface area contributed by atoms with Gasteiger partial charge in [-0.25, -0.2) is 8.78 Å². The molecule has 0 radical (unpaired) electrons. The predicted octanol–water partition coefficient (Wildman–Crippen LogP) is 2.26. The van der Waals surface area contributed by atoms with Crippen molar-refractivity contribution >= 4 is 5.91 Å². The minimum Gasteiger partial charge on any atom is -0.481 e. The summed E-state index contributed by atoms with van der Waals surface area (Å²) >= 11 is 0. The van der Waals surface area contributed by atoms with Crippen molar-refractivity contribution in [3.8, 4) is 5.75 Å². The number of carbonyl (C=O) groups excluding carboxylic acids is 1. The largest absolute Gasteiger partial charge is 0.481 e. The van der Waals surface area contributed by atoms with Crippen molar-refractivity contribution in [2.45, 2.75) is 33.3 Å². The van der Waals surface area contributed by atoms with Gasteiger partial charge < -0.3 is 15.2 Å². The maximum absolute atomic E-state index is 13.0. The highest BCUT2D eigenvalue weighted by atomic mass is 19.2. The molecule has 0 saturated carbocycles. The first kappa shape index (κ1) is 17.4. The van der Waals surface area contributed by atoms with Crippen LogP contribution in [0, 0.1) is 17.0 Å². The molecule has 1 amide bonds. The van der Waals surface area contributed by atoms with Crippen LogP contribution in [0.5, 0.6) is 5.75 Å². The Balaban J connectivity index is 2.53. The second-order valence-electron chi connectivity index (χ2n) is 5.69.